The summed E-state index contributed by atoms with van der Waals surface area (Å²) in [6, 6.07) is 7.18. The smallest absolute Gasteiger partial charge is 0.248 e. The molecule has 0 aliphatic carbocycles. The number of carbonyl (C=O) groups excluding carboxylic acids is 2. The number of nitrogens with two attached hydrogens (primary N) is 1. The zero-order chi connectivity index (χ0) is 19.7. The van der Waals surface area contributed by atoms with E-state index in [1.54, 1.807) is 19.1 Å². The van der Waals surface area contributed by atoms with Crippen LogP contribution in [-0.2, 0) is 17.8 Å². The van der Waals surface area contributed by atoms with Crippen LogP contribution in [-0.4, -0.2) is 47.5 Å². The average Bonchev–Trinajstić information content (AvgIpc) is 3.14. The molecule has 1 fully saturated rings. The van der Waals surface area contributed by atoms with Crippen molar-refractivity contribution < 1.29 is 9.59 Å². The lowest BCUT2D eigenvalue weighted by molar-refractivity contribution is -0.119. The number of primary amides is 1. The van der Waals surface area contributed by atoms with Crippen molar-refractivity contribution in [1.29, 1.82) is 0 Å². The first kappa shape index (κ1) is 18.4. The fourth-order valence-electron chi connectivity index (χ4n) is 3.87. The molecule has 1 saturated heterocycles. The molecule has 1 aromatic heterocycles. The minimum absolute atomic E-state index is 0.00371. The van der Waals surface area contributed by atoms with Gasteiger partial charge in [-0.15, -0.1) is 0 Å². The van der Waals surface area contributed by atoms with E-state index in [1.807, 2.05) is 12.1 Å². The number of hydrogen-bond acceptors (Lipinski definition) is 6. The molecule has 2 aromatic rings. The Morgan fingerprint density at radius 1 is 1.25 bits per heavy atom. The molecule has 4 rings (SSSR count). The maximum absolute atomic E-state index is 11.4. The van der Waals surface area contributed by atoms with Gasteiger partial charge in [0, 0.05) is 49.3 Å². The van der Waals surface area contributed by atoms with Gasteiger partial charge in [0.05, 0.1) is 5.69 Å². The molecule has 0 saturated carbocycles. The molecule has 2 aliphatic rings. The van der Waals surface area contributed by atoms with E-state index in [2.05, 4.69) is 15.5 Å². The number of hydrogen-bond donors (Lipinski definition) is 3. The lowest BCUT2D eigenvalue weighted by Gasteiger charge is -2.26. The van der Waals surface area contributed by atoms with E-state index in [0.717, 1.165) is 49.6 Å². The predicted octanol–water partition coefficient (Wildman–Crippen LogP) is 0.603. The van der Waals surface area contributed by atoms with E-state index in [1.165, 1.54) is 5.56 Å². The summed E-state index contributed by atoms with van der Waals surface area (Å²) in [6.07, 6.45) is 1.78. The van der Waals surface area contributed by atoms with Crippen molar-refractivity contribution >= 4 is 17.6 Å². The Morgan fingerprint density at radius 2 is 2.04 bits per heavy atom. The average molecular weight is 380 g/mol. The highest BCUT2D eigenvalue weighted by atomic mass is 16.1. The molecule has 0 bridgehead atoms. The van der Waals surface area contributed by atoms with Crippen molar-refractivity contribution in [2.24, 2.45) is 5.73 Å². The number of aromatic nitrogens is 2. The van der Waals surface area contributed by atoms with Crippen LogP contribution in [0.15, 0.2) is 24.3 Å². The largest absolute Gasteiger partial charge is 0.366 e. The van der Waals surface area contributed by atoms with Crippen LogP contribution in [0, 0.1) is 0 Å². The molecular formula is C20H24N6O2. The summed E-state index contributed by atoms with van der Waals surface area (Å²) in [5, 5.41) is 6.37. The van der Waals surface area contributed by atoms with Gasteiger partial charge in [-0.25, -0.2) is 9.97 Å². The first-order chi connectivity index (χ1) is 13.5. The highest BCUT2D eigenvalue weighted by Crippen LogP contribution is 2.29. The van der Waals surface area contributed by atoms with Gasteiger partial charge >= 0.3 is 0 Å². The topological polar surface area (TPSA) is 113 Å². The third-order valence-electron chi connectivity index (χ3n) is 5.24. The van der Waals surface area contributed by atoms with Gasteiger partial charge in [-0.1, -0.05) is 12.1 Å². The second kappa shape index (κ2) is 7.55. The van der Waals surface area contributed by atoms with Crippen molar-refractivity contribution in [3.05, 3.63) is 41.1 Å². The van der Waals surface area contributed by atoms with Crippen molar-refractivity contribution in [3.63, 3.8) is 0 Å². The van der Waals surface area contributed by atoms with Crippen LogP contribution >= 0.6 is 0 Å². The van der Waals surface area contributed by atoms with Crippen LogP contribution < -0.4 is 21.3 Å². The van der Waals surface area contributed by atoms with Gasteiger partial charge < -0.3 is 21.3 Å². The third kappa shape index (κ3) is 3.68. The summed E-state index contributed by atoms with van der Waals surface area (Å²) >= 11 is 0. The standard InChI is InChI=1S/C20H24N6O2/c1-12(27)23-15-7-9-26(11-15)20-16-6-8-22-10-17(16)24-19(25-20)14-4-2-13(3-5-14)18(21)28/h2-5,15,22H,6-11H2,1H3,(H2,21,28)(H,23,27)/t15-/m0/s1. The Labute approximate surface area is 163 Å². The molecule has 8 heteroatoms. The van der Waals surface area contributed by atoms with E-state index >= 15 is 0 Å². The minimum Gasteiger partial charge on any atom is -0.366 e. The molecule has 0 spiro atoms. The lowest BCUT2D eigenvalue weighted by atomic mass is 10.1. The number of nitrogens with one attached hydrogen (secondary N) is 2. The van der Waals surface area contributed by atoms with Crippen molar-refractivity contribution in [1.82, 2.24) is 20.6 Å². The Bertz CT molecular complexity index is 912. The predicted molar refractivity (Wildman–Crippen MR) is 106 cm³/mol. The highest BCUT2D eigenvalue weighted by Gasteiger charge is 2.28. The first-order valence-electron chi connectivity index (χ1n) is 9.54. The fraction of sp³-hybridized carbons (Fsp3) is 0.400. The number of rotatable bonds is 4. The Morgan fingerprint density at radius 3 is 2.75 bits per heavy atom. The van der Waals surface area contributed by atoms with E-state index < -0.39 is 5.91 Å². The summed E-state index contributed by atoms with van der Waals surface area (Å²) < 4.78 is 0. The SMILES string of the molecule is CC(=O)N[C@H]1CCN(c2nc(-c3ccc(C(N)=O)cc3)nc3c2CCNC3)C1. The van der Waals surface area contributed by atoms with E-state index in [-0.39, 0.29) is 11.9 Å². The van der Waals surface area contributed by atoms with E-state index in [0.29, 0.717) is 17.9 Å². The molecule has 1 aromatic carbocycles. The van der Waals surface area contributed by atoms with Gasteiger partial charge in [0.2, 0.25) is 11.8 Å². The Kier molecular flexibility index (Phi) is 4.95. The molecule has 146 valence electrons. The van der Waals surface area contributed by atoms with Crippen molar-refractivity contribution in [2.75, 3.05) is 24.5 Å². The Balaban J connectivity index is 1.69. The van der Waals surface area contributed by atoms with Crippen LogP contribution in [0.25, 0.3) is 11.4 Å². The van der Waals surface area contributed by atoms with Gasteiger partial charge in [-0.05, 0) is 31.5 Å². The number of amides is 2. The van der Waals surface area contributed by atoms with Gasteiger partial charge in [-0.3, -0.25) is 9.59 Å². The monoisotopic (exact) mass is 380 g/mol. The summed E-state index contributed by atoms with van der Waals surface area (Å²) in [5.41, 5.74) is 8.82. The summed E-state index contributed by atoms with van der Waals surface area (Å²) in [7, 11) is 0. The molecule has 4 N–H and O–H groups in total. The zero-order valence-corrected chi connectivity index (χ0v) is 15.9. The number of anilines is 1. The van der Waals surface area contributed by atoms with Crippen LogP contribution in [0.4, 0.5) is 5.82 Å². The maximum atomic E-state index is 11.4. The lowest BCUT2D eigenvalue weighted by Crippen LogP contribution is -2.36. The van der Waals surface area contributed by atoms with Gasteiger partial charge in [0.1, 0.15) is 5.82 Å². The van der Waals surface area contributed by atoms with Crippen LogP contribution in [0.1, 0.15) is 35.0 Å². The van der Waals surface area contributed by atoms with Crippen LogP contribution in [0.3, 0.4) is 0 Å². The van der Waals surface area contributed by atoms with Crippen molar-refractivity contribution in [3.8, 4) is 11.4 Å². The second-order valence-corrected chi connectivity index (χ2v) is 7.30. The number of fused-ring (bicyclic) bond motifs is 1. The van der Waals surface area contributed by atoms with Gasteiger partial charge in [0.15, 0.2) is 5.82 Å². The van der Waals surface area contributed by atoms with Crippen LogP contribution in [0.5, 0.6) is 0 Å². The van der Waals surface area contributed by atoms with Gasteiger partial charge in [-0.2, -0.15) is 0 Å². The highest BCUT2D eigenvalue weighted by molar-refractivity contribution is 5.93. The number of benzene rings is 1. The molecule has 2 aliphatic heterocycles. The van der Waals surface area contributed by atoms with E-state index in [4.69, 9.17) is 15.7 Å². The minimum atomic E-state index is -0.455. The van der Waals surface area contributed by atoms with Gasteiger partial charge in [0.25, 0.3) is 0 Å². The van der Waals surface area contributed by atoms with Crippen LogP contribution in [0.2, 0.25) is 0 Å². The van der Waals surface area contributed by atoms with E-state index in [9.17, 15) is 9.59 Å². The fourth-order valence-corrected chi connectivity index (χ4v) is 3.87. The normalized spacial score (nSPS) is 18.6. The third-order valence-corrected chi connectivity index (χ3v) is 5.24. The van der Waals surface area contributed by atoms with Crippen molar-refractivity contribution in [2.45, 2.75) is 32.4 Å². The zero-order valence-electron chi connectivity index (χ0n) is 15.9. The molecule has 8 nitrogen and oxygen atoms in total. The molecule has 28 heavy (non-hydrogen) atoms. The second-order valence-electron chi connectivity index (χ2n) is 7.30. The molecule has 0 unspecified atom stereocenters. The number of carbonyl (C=O) groups is 2. The molecule has 1 atom stereocenters. The first-order valence-corrected chi connectivity index (χ1v) is 9.54. The molecule has 2 amide bonds. The summed E-state index contributed by atoms with van der Waals surface area (Å²) in [4.78, 5) is 34.6. The maximum Gasteiger partial charge on any atom is 0.248 e. The molecule has 3 heterocycles. The molecule has 0 radical (unpaired) electrons. The summed E-state index contributed by atoms with van der Waals surface area (Å²) in [5.74, 6) is 1.13. The number of nitrogens with zero attached hydrogens (tertiary/aromatic N) is 3. The Hall–Kier alpha value is -3.00. The quantitative estimate of drug-likeness (QED) is 0.716. The summed E-state index contributed by atoms with van der Waals surface area (Å²) in [6.45, 7) is 4.76. The molecular weight excluding hydrogens is 356 g/mol.